The van der Waals surface area contributed by atoms with Crippen LogP contribution in [0.25, 0.3) is 0 Å². The second-order valence-corrected chi connectivity index (χ2v) is 5.55. The summed E-state index contributed by atoms with van der Waals surface area (Å²) in [4.78, 5) is 13.5. The number of hydrogen-bond acceptors (Lipinski definition) is 3. The van der Waals surface area contributed by atoms with Gasteiger partial charge in [-0.15, -0.1) is 0 Å². The molecular weight excluding hydrogens is 230 g/mol. The SMILES string of the molecule is CC(C)OCCN(C)C1CCCCCC1C(=O)O. The van der Waals surface area contributed by atoms with Crippen molar-refractivity contribution in [1.82, 2.24) is 4.90 Å². The highest BCUT2D eigenvalue weighted by Crippen LogP contribution is 2.27. The normalized spacial score (nSPS) is 25.4. The summed E-state index contributed by atoms with van der Waals surface area (Å²) >= 11 is 0. The lowest BCUT2D eigenvalue weighted by Gasteiger charge is -2.31. The first-order valence-electron chi connectivity index (χ1n) is 7.07. The summed E-state index contributed by atoms with van der Waals surface area (Å²) in [5.74, 6) is -0.852. The van der Waals surface area contributed by atoms with Gasteiger partial charge in [-0.1, -0.05) is 19.3 Å². The molecule has 0 aromatic rings. The second-order valence-electron chi connectivity index (χ2n) is 5.55. The number of nitrogens with zero attached hydrogens (tertiary/aromatic N) is 1. The van der Waals surface area contributed by atoms with E-state index in [2.05, 4.69) is 4.90 Å². The molecule has 2 atom stereocenters. The fraction of sp³-hybridized carbons (Fsp3) is 0.929. The molecule has 1 aliphatic carbocycles. The van der Waals surface area contributed by atoms with Gasteiger partial charge in [0.1, 0.15) is 0 Å². The summed E-state index contributed by atoms with van der Waals surface area (Å²) in [7, 11) is 2.02. The monoisotopic (exact) mass is 257 g/mol. The molecule has 1 fully saturated rings. The fourth-order valence-corrected chi connectivity index (χ4v) is 2.70. The van der Waals surface area contributed by atoms with Gasteiger partial charge in [-0.05, 0) is 33.7 Å². The average Bonchev–Trinajstić information content (AvgIpc) is 2.53. The molecule has 1 rings (SSSR count). The number of rotatable bonds is 6. The molecule has 0 saturated heterocycles. The van der Waals surface area contributed by atoms with E-state index in [0.29, 0.717) is 6.61 Å². The van der Waals surface area contributed by atoms with Crippen LogP contribution < -0.4 is 0 Å². The number of likely N-dealkylation sites (N-methyl/N-ethyl adjacent to an activating group) is 1. The van der Waals surface area contributed by atoms with Crippen LogP contribution in [0.4, 0.5) is 0 Å². The molecule has 1 saturated carbocycles. The fourth-order valence-electron chi connectivity index (χ4n) is 2.70. The van der Waals surface area contributed by atoms with E-state index in [0.717, 1.165) is 38.6 Å². The Morgan fingerprint density at radius 2 is 2.00 bits per heavy atom. The quantitative estimate of drug-likeness (QED) is 0.742. The summed E-state index contributed by atoms with van der Waals surface area (Å²) in [6.45, 7) is 5.53. The highest BCUT2D eigenvalue weighted by molar-refractivity contribution is 5.70. The van der Waals surface area contributed by atoms with Crippen molar-refractivity contribution in [2.24, 2.45) is 5.92 Å². The number of carboxylic acid groups (broad SMARTS) is 1. The van der Waals surface area contributed by atoms with E-state index in [4.69, 9.17) is 4.74 Å². The standard InChI is InChI=1S/C14H27NO3/c1-11(2)18-10-9-15(3)13-8-6-4-5-7-12(13)14(16)17/h11-13H,4-10H2,1-3H3,(H,16,17). The van der Waals surface area contributed by atoms with Crippen LogP contribution >= 0.6 is 0 Å². The maximum absolute atomic E-state index is 11.3. The summed E-state index contributed by atoms with van der Waals surface area (Å²) in [5, 5.41) is 9.34. The van der Waals surface area contributed by atoms with Crippen molar-refractivity contribution < 1.29 is 14.6 Å². The van der Waals surface area contributed by atoms with Crippen LogP contribution in [0.15, 0.2) is 0 Å². The Labute approximate surface area is 110 Å². The first kappa shape index (κ1) is 15.4. The van der Waals surface area contributed by atoms with Gasteiger partial charge in [0.15, 0.2) is 0 Å². The zero-order chi connectivity index (χ0) is 13.5. The van der Waals surface area contributed by atoms with Gasteiger partial charge in [-0.2, -0.15) is 0 Å². The number of hydrogen-bond donors (Lipinski definition) is 1. The zero-order valence-corrected chi connectivity index (χ0v) is 11.9. The topological polar surface area (TPSA) is 49.8 Å². The maximum Gasteiger partial charge on any atom is 0.308 e. The van der Waals surface area contributed by atoms with Gasteiger partial charge >= 0.3 is 5.97 Å². The molecule has 106 valence electrons. The van der Waals surface area contributed by atoms with Crippen molar-refractivity contribution in [1.29, 1.82) is 0 Å². The minimum Gasteiger partial charge on any atom is -0.481 e. The van der Waals surface area contributed by atoms with Crippen LogP contribution in [0, 0.1) is 5.92 Å². The first-order valence-corrected chi connectivity index (χ1v) is 7.07. The summed E-state index contributed by atoms with van der Waals surface area (Å²) < 4.78 is 5.54. The number of aliphatic carboxylic acids is 1. The Kier molecular flexibility index (Phi) is 6.65. The molecule has 0 amide bonds. The molecule has 0 aromatic heterocycles. The third kappa shape index (κ3) is 4.94. The van der Waals surface area contributed by atoms with Gasteiger partial charge in [-0.3, -0.25) is 4.79 Å². The molecule has 0 aromatic carbocycles. The molecule has 1 N–H and O–H groups in total. The number of carboxylic acids is 1. The lowest BCUT2D eigenvalue weighted by molar-refractivity contribution is -0.144. The second kappa shape index (κ2) is 7.74. The first-order chi connectivity index (χ1) is 8.52. The maximum atomic E-state index is 11.3. The third-order valence-corrected chi connectivity index (χ3v) is 3.76. The molecule has 0 spiro atoms. The predicted molar refractivity (Wildman–Crippen MR) is 71.7 cm³/mol. The molecule has 1 aliphatic rings. The smallest absolute Gasteiger partial charge is 0.308 e. The Balaban J connectivity index is 2.50. The average molecular weight is 257 g/mol. The molecular formula is C14H27NO3. The van der Waals surface area contributed by atoms with E-state index in [9.17, 15) is 9.90 Å². The van der Waals surface area contributed by atoms with Crippen LogP contribution in [-0.2, 0) is 9.53 Å². The Morgan fingerprint density at radius 3 is 2.61 bits per heavy atom. The van der Waals surface area contributed by atoms with E-state index in [1.54, 1.807) is 0 Å². The van der Waals surface area contributed by atoms with E-state index in [-0.39, 0.29) is 18.1 Å². The molecule has 4 heteroatoms. The largest absolute Gasteiger partial charge is 0.481 e. The van der Waals surface area contributed by atoms with Gasteiger partial charge in [0.05, 0.1) is 18.6 Å². The van der Waals surface area contributed by atoms with Crippen molar-refractivity contribution in [2.75, 3.05) is 20.2 Å². The molecule has 0 aliphatic heterocycles. The zero-order valence-electron chi connectivity index (χ0n) is 11.9. The molecule has 18 heavy (non-hydrogen) atoms. The van der Waals surface area contributed by atoms with Gasteiger partial charge in [0.2, 0.25) is 0 Å². The van der Waals surface area contributed by atoms with E-state index in [1.807, 2.05) is 20.9 Å². The van der Waals surface area contributed by atoms with E-state index < -0.39 is 5.97 Å². The summed E-state index contributed by atoms with van der Waals surface area (Å²) in [5.41, 5.74) is 0. The third-order valence-electron chi connectivity index (χ3n) is 3.76. The van der Waals surface area contributed by atoms with Crippen LogP contribution in [0.5, 0.6) is 0 Å². The van der Waals surface area contributed by atoms with Gasteiger partial charge in [-0.25, -0.2) is 0 Å². The molecule has 4 nitrogen and oxygen atoms in total. The number of ether oxygens (including phenoxy) is 1. The molecule has 2 unspecified atom stereocenters. The van der Waals surface area contributed by atoms with Gasteiger partial charge in [0.25, 0.3) is 0 Å². The highest BCUT2D eigenvalue weighted by Gasteiger charge is 2.31. The molecule has 0 heterocycles. The van der Waals surface area contributed by atoms with Crippen molar-refractivity contribution in [3.8, 4) is 0 Å². The van der Waals surface area contributed by atoms with Gasteiger partial charge < -0.3 is 14.7 Å². The lowest BCUT2D eigenvalue weighted by atomic mass is 9.94. The van der Waals surface area contributed by atoms with Crippen molar-refractivity contribution in [3.05, 3.63) is 0 Å². The molecule has 0 bridgehead atoms. The molecule has 0 radical (unpaired) electrons. The van der Waals surface area contributed by atoms with Crippen molar-refractivity contribution in [2.45, 2.75) is 58.1 Å². The van der Waals surface area contributed by atoms with E-state index in [1.165, 1.54) is 0 Å². The lowest BCUT2D eigenvalue weighted by Crippen LogP contribution is -2.42. The van der Waals surface area contributed by atoms with Crippen molar-refractivity contribution >= 4 is 5.97 Å². The minimum atomic E-state index is -0.640. The van der Waals surface area contributed by atoms with Crippen LogP contribution in [0.3, 0.4) is 0 Å². The van der Waals surface area contributed by atoms with Crippen LogP contribution in [-0.4, -0.2) is 48.3 Å². The number of carbonyl (C=O) groups is 1. The van der Waals surface area contributed by atoms with Crippen LogP contribution in [0.2, 0.25) is 0 Å². The minimum absolute atomic E-state index is 0.167. The van der Waals surface area contributed by atoms with E-state index >= 15 is 0 Å². The summed E-state index contributed by atoms with van der Waals surface area (Å²) in [6.07, 6.45) is 5.40. The highest BCUT2D eigenvalue weighted by atomic mass is 16.5. The summed E-state index contributed by atoms with van der Waals surface area (Å²) in [6, 6.07) is 0.167. The Hall–Kier alpha value is -0.610. The predicted octanol–water partition coefficient (Wildman–Crippen LogP) is 2.38. The van der Waals surface area contributed by atoms with Gasteiger partial charge in [0, 0.05) is 12.6 Å². The van der Waals surface area contributed by atoms with Crippen molar-refractivity contribution in [3.63, 3.8) is 0 Å². The Bertz CT molecular complexity index is 255. The van der Waals surface area contributed by atoms with Crippen LogP contribution in [0.1, 0.15) is 46.0 Å². The Morgan fingerprint density at radius 1 is 1.33 bits per heavy atom.